The Kier molecular flexibility index (Phi) is 1.30. The Morgan fingerprint density at radius 1 is 0.750 bits per heavy atom. The number of alkyl halides is 3. The predicted octanol–water partition coefficient (Wildman–Crippen LogP) is 3.23. The van der Waals surface area contributed by atoms with Crippen molar-refractivity contribution in [3.05, 3.63) is 0 Å². The van der Waals surface area contributed by atoms with Crippen LogP contribution in [-0.4, -0.2) is 11.8 Å². The van der Waals surface area contributed by atoms with Crippen LogP contribution in [0.2, 0.25) is 0 Å². The molecule has 2 saturated heterocycles. The molecule has 4 atom stereocenters. The minimum absolute atomic E-state index is 0.354. The molecular weight excluding hydrogens is 259 g/mol. The normalized spacial score (nSPS) is 63.0. The number of rotatable bonds is 0. The standard InChI is InChI=1S/C11H17I/c1-3-9-5-7(1)11-8-2-4-10(6-8)12(9)11/h7-11H,1-6H2. The summed E-state index contributed by atoms with van der Waals surface area (Å²) in [5.41, 5.74) is 0. The molecule has 2 aliphatic heterocycles. The molecule has 0 spiro atoms. The van der Waals surface area contributed by atoms with E-state index in [9.17, 15) is 0 Å². The fraction of sp³-hybridized carbons (Fsp3) is 1.00. The van der Waals surface area contributed by atoms with Crippen molar-refractivity contribution in [2.24, 2.45) is 11.8 Å². The summed E-state index contributed by atoms with van der Waals surface area (Å²) in [5.74, 6) is 2.55. The molecule has 12 heavy (non-hydrogen) atoms. The second-order valence-corrected chi connectivity index (χ2v) is 12.3. The molecule has 4 rings (SSSR count). The van der Waals surface area contributed by atoms with Crippen LogP contribution in [0.15, 0.2) is 0 Å². The molecule has 0 nitrogen and oxygen atoms in total. The van der Waals surface area contributed by atoms with Gasteiger partial charge >= 0.3 is 82.0 Å². The van der Waals surface area contributed by atoms with Gasteiger partial charge in [0.2, 0.25) is 0 Å². The average molecular weight is 276 g/mol. The molecule has 4 unspecified atom stereocenters. The SMILES string of the molecule is C1CC2CC1C1C3CCC(C3)I21. The fourth-order valence-corrected chi connectivity index (χ4v) is 16.5. The second kappa shape index (κ2) is 2.21. The zero-order valence-electron chi connectivity index (χ0n) is 7.51. The van der Waals surface area contributed by atoms with Crippen LogP contribution in [0, 0.1) is 11.8 Å². The van der Waals surface area contributed by atoms with Crippen LogP contribution in [0.3, 0.4) is 0 Å². The first-order valence-corrected chi connectivity index (χ1v) is 9.32. The maximum absolute atomic E-state index is 1.71. The van der Waals surface area contributed by atoms with Crippen LogP contribution in [0.1, 0.15) is 38.5 Å². The molecule has 2 saturated carbocycles. The summed E-state index contributed by atoms with van der Waals surface area (Å²) < 4.78 is 4.12. The molecule has 0 aromatic rings. The summed E-state index contributed by atoms with van der Waals surface area (Å²) >= 11 is -0.354. The number of hydrogen-bond donors (Lipinski definition) is 0. The molecule has 0 N–H and O–H groups in total. The van der Waals surface area contributed by atoms with E-state index < -0.39 is 0 Å². The Morgan fingerprint density at radius 2 is 1.33 bits per heavy atom. The first-order valence-electron chi connectivity index (χ1n) is 5.59. The van der Waals surface area contributed by atoms with Gasteiger partial charge in [-0.15, -0.1) is 0 Å². The van der Waals surface area contributed by atoms with E-state index >= 15 is 0 Å². The summed E-state index contributed by atoms with van der Waals surface area (Å²) in [6.07, 6.45) is 10.1. The van der Waals surface area contributed by atoms with Crippen LogP contribution in [0.25, 0.3) is 0 Å². The summed E-state index contributed by atoms with van der Waals surface area (Å²) in [6, 6.07) is 0. The molecule has 1 heteroatoms. The molecule has 4 bridgehead atoms. The van der Waals surface area contributed by atoms with E-state index in [1.807, 2.05) is 0 Å². The minimum atomic E-state index is -0.354. The molecule has 68 valence electrons. The second-order valence-electron chi connectivity index (χ2n) is 5.16. The van der Waals surface area contributed by atoms with Gasteiger partial charge in [-0.3, -0.25) is 0 Å². The molecule has 0 amide bonds. The third kappa shape index (κ3) is 0.677. The van der Waals surface area contributed by atoms with Crippen molar-refractivity contribution in [1.82, 2.24) is 0 Å². The van der Waals surface area contributed by atoms with Crippen molar-refractivity contribution in [3.8, 4) is 0 Å². The van der Waals surface area contributed by atoms with E-state index in [1.54, 1.807) is 38.5 Å². The zero-order valence-corrected chi connectivity index (χ0v) is 9.66. The van der Waals surface area contributed by atoms with Crippen molar-refractivity contribution in [2.75, 3.05) is 0 Å². The summed E-state index contributed by atoms with van der Waals surface area (Å²) in [6.45, 7) is 0. The molecule has 0 aromatic heterocycles. The van der Waals surface area contributed by atoms with Crippen LogP contribution < -0.4 is 0 Å². The Balaban J connectivity index is 1.77. The van der Waals surface area contributed by atoms with Gasteiger partial charge in [0.15, 0.2) is 0 Å². The van der Waals surface area contributed by atoms with Gasteiger partial charge in [0.1, 0.15) is 0 Å². The third-order valence-electron chi connectivity index (χ3n) is 4.72. The Hall–Kier alpha value is 0.730. The molecule has 4 fully saturated rings. The number of hydrogen-bond acceptors (Lipinski definition) is 0. The topological polar surface area (TPSA) is 0 Å². The van der Waals surface area contributed by atoms with E-state index in [1.165, 1.54) is 23.6 Å². The third-order valence-corrected chi connectivity index (χ3v) is 14.7. The van der Waals surface area contributed by atoms with Crippen LogP contribution >= 0.6 is 19.8 Å². The van der Waals surface area contributed by atoms with Gasteiger partial charge in [0.25, 0.3) is 0 Å². The summed E-state index contributed by atoms with van der Waals surface area (Å²) in [5, 5.41) is 0. The average Bonchev–Trinajstić information content (AvgIpc) is 2.83. The van der Waals surface area contributed by atoms with Crippen LogP contribution in [0.4, 0.5) is 0 Å². The van der Waals surface area contributed by atoms with E-state index in [4.69, 9.17) is 0 Å². The number of fused-ring (bicyclic) bond motifs is 9. The molecule has 2 aliphatic carbocycles. The van der Waals surface area contributed by atoms with Crippen molar-refractivity contribution in [2.45, 2.75) is 50.3 Å². The van der Waals surface area contributed by atoms with E-state index in [0.29, 0.717) is 0 Å². The first-order chi connectivity index (χ1) is 5.93. The maximum atomic E-state index is 1.71. The van der Waals surface area contributed by atoms with Crippen LogP contribution in [-0.2, 0) is 0 Å². The van der Waals surface area contributed by atoms with Gasteiger partial charge in [-0.05, 0) is 0 Å². The van der Waals surface area contributed by atoms with Gasteiger partial charge in [0.05, 0.1) is 0 Å². The Morgan fingerprint density at radius 3 is 1.83 bits per heavy atom. The monoisotopic (exact) mass is 276 g/mol. The Bertz CT molecular complexity index is 181. The van der Waals surface area contributed by atoms with Crippen molar-refractivity contribution >= 4 is 19.8 Å². The van der Waals surface area contributed by atoms with Crippen molar-refractivity contribution in [1.29, 1.82) is 0 Å². The van der Waals surface area contributed by atoms with E-state index in [-0.39, 0.29) is 19.8 Å². The number of halogens is 1. The van der Waals surface area contributed by atoms with E-state index in [0.717, 1.165) is 0 Å². The van der Waals surface area contributed by atoms with Crippen molar-refractivity contribution in [3.63, 3.8) is 0 Å². The van der Waals surface area contributed by atoms with E-state index in [2.05, 4.69) is 0 Å². The molecule has 2 heterocycles. The first kappa shape index (κ1) is 7.08. The Labute approximate surface area is 81.9 Å². The molecular formula is C11H17I. The summed E-state index contributed by atoms with van der Waals surface area (Å²) in [4.78, 5) is 0. The van der Waals surface area contributed by atoms with Gasteiger partial charge in [0, 0.05) is 0 Å². The van der Waals surface area contributed by atoms with Gasteiger partial charge < -0.3 is 0 Å². The van der Waals surface area contributed by atoms with Crippen molar-refractivity contribution < 1.29 is 0 Å². The van der Waals surface area contributed by atoms with Gasteiger partial charge in [-0.1, -0.05) is 0 Å². The summed E-state index contributed by atoms with van der Waals surface area (Å²) in [7, 11) is 0. The zero-order chi connectivity index (χ0) is 7.71. The molecule has 4 aliphatic rings. The van der Waals surface area contributed by atoms with Gasteiger partial charge in [-0.25, -0.2) is 0 Å². The molecule has 0 radical (unpaired) electrons. The van der Waals surface area contributed by atoms with Gasteiger partial charge in [-0.2, -0.15) is 0 Å². The fourth-order valence-electron chi connectivity index (χ4n) is 4.41. The van der Waals surface area contributed by atoms with Crippen LogP contribution in [0.5, 0.6) is 0 Å². The predicted molar refractivity (Wildman–Crippen MR) is 60.1 cm³/mol. The quantitative estimate of drug-likeness (QED) is 0.470. The molecule has 0 aromatic carbocycles.